The zero-order valence-electron chi connectivity index (χ0n) is 10.3. The van der Waals surface area contributed by atoms with E-state index in [0.29, 0.717) is 16.8 Å². The zero-order valence-corrected chi connectivity index (χ0v) is 11.1. The number of fused-ring (bicyclic) bond motifs is 1. The quantitative estimate of drug-likeness (QED) is 0.910. The van der Waals surface area contributed by atoms with Crippen molar-refractivity contribution in [1.29, 1.82) is 0 Å². The van der Waals surface area contributed by atoms with Crippen molar-refractivity contribution in [3.05, 3.63) is 34.7 Å². The van der Waals surface area contributed by atoms with E-state index >= 15 is 0 Å². The number of aromatic nitrogens is 1. The van der Waals surface area contributed by atoms with Crippen molar-refractivity contribution in [2.24, 2.45) is 5.92 Å². The van der Waals surface area contributed by atoms with Gasteiger partial charge in [-0.05, 0) is 42.8 Å². The van der Waals surface area contributed by atoms with E-state index in [9.17, 15) is 9.18 Å². The molecule has 0 unspecified atom stereocenters. The maximum atomic E-state index is 13.7. The Morgan fingerprint density at radius 3 is 2.89 bits per heavy atom. The van der Waals surface area contributed by atoms with Crippen molar-refractivity contribution in [3.63, 3.8) is 0 Å². The predicted molar refractivity (Wildman–Crippen MR) is 72.8 cm³/mol. The number of rotatable bonds is 2. The molecule has 0 spiro atoms. The van der Waals surface area contributed by atoms with Crippen molar-refractivity contribution in [2.75, 3.05) is 5.32 Å². The van der Waals surface area contributed by atoms with E-state index in [1.807, 2.05) is 0 Å². The molecular weight excluding hydrogens is 267 g/mol. The van der Waals surface area contributed by atoms with Crippen LogP contribution in [0.15, 0.2) is 18.3 Å². The van der Waals surface area contributed by atoms with Gasteiger partial charge in [0.1, 0.15) is 11.6 Å². The summed E-state index contributed by atoms with van der Waals surface area (Å²) in [5.41, 5.74) is 0.475. The van der Waals surface area contributed by atoms with Gasteiger partial charge < -0.3 is 5.32 Å². The number of nitrogens with zero attached hydrogens (tertiary/aromatic N) is 1. The van der Waals surface area contributed by atoms with Gasteiger partial charge in [0.25, 0.3) is 0 Å². The van der Waals surface area contributed by atoms with E-state index in [2.05, 4.69) is 10.3 Å². The Kier molecular flexibility index (Phi) is 2.90. The molecule has 0 aliphatic heterocycles. The van der Waals surface area contributed by atoms with Crippen LogP contribution in [-0.2, 0) is 4.79 Å². The third kappa shape index (κ3) is 2.28. The average molecular weight is 279 g/mol. The number of benzene rings is 1. The maximum absolute atomic E-state index is 13.7. The molecule has 1 saturated carbocycles. The van der Waals surface area contributed by atoms with Crippen molar-refractivity contribution in [2.45, 2.75) is 19.8 Å². The number of amides is 1. The Hall–Kier alpha value is -1.68. The normalized spacial score (nSPS) is 14.7. The summed E-state index contributed by atoms with van der Waals surface area (Å²) in [5.74, 6) is 0.171. The number of hydrogen-bond donors (Lipinski definition) is 1. The minimum Gasteiger partial charge on any atom is -0.310 e. The number of halogens is 2. The van der Waals surface area contributed by atoms with Crippen LogP contribution < -0.4 is 5.32 Å². The molecule has 1 heterocycles. The van der Waals surface area contributed by atoms with E-state index in [4.69, 9.17) is 11.6 Å². The summed E-state index contributed by atoms with van der Waals surface area (Å²) in [6.07, 6.45) is 3.37. The predicted octanol–water partition coefficient (Wildman–Crippen LogP) is 3.68. The number of nitrogens with one attached hydrogen (secondary N) is 1. The summed E-state index contributed by atoms with van der Waals surface area (Å²) < 4.78 is 13.7. The molecule has 98 valence electrons. The highest BCUT2D eigenvalue weighted by Crippen LogP contribution is 2.32. The van der Waals surface area contributed by atoms with Crippen LogP contribution in [0.2, 0.25) is 5.02 Å². The Labute approximate surface area is 114 Å². The number of carbonyl (C=O) groups excluding carboxylic acids is 1. The van der Waals surface area contributed by atoms with Crippen LogP contribution in [-0.4, -0.2) is 10.9 Å². The molecule has 2 aromatic rings. The lowest BCUT2D eigenvalue weighted by Gasteiger charge is -2.08. The third-order valence-corrected chi connectivity index (χ3v) is 3.65. The van der Waals surface area contributed by atoms with Gasteiger partial charge in [-0.1, -0.05) is 11.6 Å². The maximum Gasteiger partial charge on any atom is 0.228 e. The first kappa shape index (κ1) is 12.4. The molecule has 1 aromatic heterocycles. The molecule has 0 radical (unpaired) electrons. The lowest BCUT2D eigenvalue weighted by Crippen LogP contribution is -2.14. The van der Waals surface area contributed by atoms with Crippen LogP contribution >= 0.6 is 11.6 Å². The number of pyridine rings is 1. The zero-order chi connectivity index (χ0) is 13.6. The SMILES string of the molecule is Cc1cc2cc(NC(=O)C3CC3)ncc2c(Cl)c1F. The summed E-state index contributed by atoms with van der Waals surface area (Å²) in [6.45, 7) is 1.66. The van der Waals surface area contributed by atoms with Crippen molar-refractivity contribution >= 4 is 34.1 Å². The minimum atomic E-state index is -0.425. The van der Waals surface area contributed by atoms with E-state index < -0.39 is 5.82 Å². The molecule has 5 heteroatoms. The second-order valence-corrected chi connectivity index (χ2v) is 5.25. The second kappa shape index (κ2) is 4.46. The largest absolute Gasteiger partial charge is 0.310 e. The van der Waals surface area contributed by atoms with Crippen LogP contribution in [0.25, 0.3) is 10.8 Å². The molecule has 3 rings (SSSR count). The van der Waals surface area contributed by atoms with Gasteiger partial charge in [-0.25, -0.2) is 9.37 Å². The standard InChI is InChI=1S/C14H12ClFN2O/c1-7-4-9-5-11(18-14(19)8-2-3-8)17-6-10(9)12(15)13(7)16/h4-6,8H,2-3H2,1H3,(H,17,18,19). The fraction of sp³-hybridized carbons (Fsp3) is 0.286. The Morgan fingerprint density at radius 1 is 1.47 bits per heavy atom. The van der Waals surface area contributed by atoms with Crippen LogP contribution in [0.3, 0.4) is 0 Å². The van der Waals surface area contributed by atoms with Gasteiger partial charge in [0.15, 0.2) is 0 Å². The molecule has 3 nitrogen and oxygen atoms in total. The smallest absolute Gasteiger partial charge is 0.228 e. The van der Waals surface area contributed by atoms with Crippen molar-refractivity contribution in [1.82, 2.24) is 4.98 Å². The molecule has 1 aromatic carbocycles. The van der Waals surface area contributed by atoms with Crippen molar-refractivity contribution < 1.29 is 9.18 Å². The first-order chi connectivity index (χ1) is 9.06. The third-order valence-electron chi connectivity index (χ3n) is 3.28. The molecule has 1 aliphatic rings. The van der Waals surface area contributed by atoms with Crippen molar-refractivity contribution in [3.8, 4) is 0 Å². The van der Waals surface area contributed by atoms with E-state index in [0.717, 1.165) is 18.2 Å². The number of hydrogen-bond acceptors (Lipinski definition) is 2. The lowest BCUT2D eigenvalue weighted by atomic mass is 10.1. The van der Waals surface area contributed by atoms with Crippen LogP contribution in [0.5, 0.6) is 0 Å². The average Bonchev–Trinajstić information content (AvgIpc) is 3.20. The topological polar surface area (TPSA) is 42.0 Å². The molecule has 1 N–H and O–H groups in total. The number of anilines is 1. The highest BCUT2D eigenvalue weighted by molar-refractivity contribution is 6.35. The van der Waals surface area contributed by atoms with Gasteiger partial charge in [-0.15, -0.1) is 0 Å². The van der Waals surface area contributed by atoms with Gasteiger partial charge in [0.2, 0.25) is 5.91 Å². The first-order valence-corrected chi connectivity index (χ1v) is 6.49. The van der Waals surface area contributed by atoms with Crippen LogP contribution in [0.1, 0.15) is 18.4 Å². The molecular formula is C14H12ClFN2O. The van der Waals surface area contributed by atoms with Crippen LogP contribution in [0.4, 0.5) is 10.2 Å². The van der Waals surface area contributed by atoms with Gasteiger partial charge in [0.05, 0.1) is 5.02 Å². The Balaban J connectivity index is 2.00. The van der Waals surface area contributed by atoms with Gasteiger partial charge in [0, 0.05) is 17.5 Å². The monoisotopic (exact) mass is 278 g/mol. The fourth-order valence-electron chi connectivity index (χ4n) is 2.00. The van der Waals surface area contributed by atoms with E-state index in [-0.39, 0.29) is 16.8 Å². The van der Waals surface area contributed by atoms with Gasteiger partial charge in [-0.2, -0.15) is 0 Å². The minimum absolute atomic E-state index is 0.00298. The molecule has 1 aliphatic carbocycles. The molecule has 1 fully saturated rings. The highest BCUT2D eigenvalue weighted by atomic mass is 35.5. The van der Waals surface area contributed by atoms with E-state index in [1.54, 1.807) is 19.1 Å². The summed E-state index contributed by atoms with van der Waals surface area (Å²) in [7, 11) is 0. The summed E-state index contributed by atoms with van der Waals surface area (Å²) in [5, 5.41) is 4.15. The second-order valence-electron chi connectivity index (χ2n) is 4.88. The molecule has 0 saturated heterocycles. The Morgan fingerprint density at radius 2 is 2.21 bits per heavy atom. The molecule has 0 bridgehead atoms. The van der Waals surface area contributed by atoms with Gasteiger partial charge >= 0.3 is 0 Å². The molecule has 0 atom stereocenters. The van der Waals surface area contributed by atoms with Crippen LogP contribution in [0, 0.1) is 18.7 Å². The summed E-state index contributed by atoms with van der Waals surface area (Å²) in [6, 6.07) is 3.42. The number of aryl methyl sites for hydroxylation is 1. The lowest BCUT2D eigenvalue weighted by molar-refractivity contribution is -0.117. The van der Waals surface area contributed by atoms with E-state index in [1.165, 1.54) is 6.20 Å². The molecule has 1 amide bonds. The van der Waals surface area contributed by atoms with Gasteiger partial charge in [-0.3, -0.25) is 4.79 Å². The summed E-state index contributed by atoms with van der Waals surface area (Å²) in [4.78, 5) is 15.8. The summed E-state index contributed by atoms with van der Waals surface area (Å²) >= 11 is 5.95. The Bertz CT molecular complexity index is 683. The number of carbonyl (C=O) groups is 1. The highest BCUT2D eigenvalue weighted by Gasteiger charge is 2.29. The first-order valence-electron chi connectivity index (χ1n) is 6.11. The molecule has 19 heavy (non-hydrogen) atoms. The fourth-order valence-corrected chi connectivity index (χ4v) is 2.31.